The van der Waals surface area contributed by atoms with Gasteiger partial charge in [0.2, 0.25) is 5.88 Å². The molecular weight excluding hydrogens is 304 g/mol. The Morgan fingerprint density at radius 3 is 2.94 bits per heavy atom. The molecule has 2 aromatic heterocycles. The molecule has 0 unspecified atom stereocenters. The van der Waals surface area contributed by atoms with E-state index in [2.05, 4.69) is 25.9 Å². The van der Waals surface area contributed by atoms with E-state index in [0.717, 1.165) is 16.6 Å². The number of hydrogen-bond acceptors (Lipinski definition) is 3. The number of aromatic nitrogens is 2. The van der Waals surface area contributed by atoms with Crippen LogP contribution in [0.4, 0.5) is 0 Å². The first-order valence-electron chi connectivity index (χ1n) is 5.10. The van der Waals surface area contributed by atoms with E-state index in [4.69, 9.17) is 16.3 Å². The first-order chi connectivity index (χ1) is 8.24. The fraction of sp³-hybridized carbons (Fsp3) is 0.167. The molecule has 0 aliphatic carbocycles. The highest BCUT2D eigenvalue weighted by atomic mass is 79.9. The normalized spacial score (nSPS) is 10.2. The van der Waals surface area contributed by atoms with Gasteiger partial charge >= 0.3 is 0 Å². The first kappa shape index (κ1) is 12.3. The summed E-state index contributed by atoms with van der Waals surface area (Å²) in [5, 5.41) is 0.439. The fourth-order valence-corrected chi connectivity index (χ4v) is 1.91. The largest absolute Gasteiger partial charge is 0.477 e. The molecule has 0 fully saturated rings. The van der Waals surface area contributed by atoms with Gasteiger partial charge in [-0.15, -0.1) is 0 Å². The number of ether oxygens (including phenoxy) is 1. The molecule has 5 heteroatoms. The van der Waals surface area contributed by atoms with Crippen molar-refractivity contribution in [3.05, 3.63) is 51.8 Å². The van der Waals surface area contributed by atoms with E-state index in [0.29, 0.717) is 17.6 Å². The zero-order valence-electron chi connectivity index (χ0n) is 8.94. The van der Waals surface area contributed by atoms with Crippen LogP contribution in [-0.4, -0.2) is 16.6 Å². The van der Waals surface area contributed by atoms with E-state index in [9.17, 15) is 0 Å². The van der Waals surface area contributed by atoms with Crippen LogP contribution in [0.1, 0.15) is 5.56 Å². The monoisotopic (exact) mass is 312 g/mol. The third-order valence-corrected chi connectivity index (χ3v) is 2.77. The van der Waals surface area contributed by atoms with Crippen LogP contribution in [0.25, 0.3) is 0 Å². The van der Waals surface area contributed by atoms with E-state index < -0.39 is 0 Å². The molecule has 0 aliphatic heterocycles. The lowest BCUT2D eigenvalue weighted by Crippen LogP contribution is -2.02. The molecule has 0 saturated carbocycles. The van der Waals surface area contributed by atoms with Crippen LogP contribution in [0.3, 0.4) is 0 Å². The van der Waals surface area contributed by atoms with Gasteiger partial charge < -0.3 is 4.74 Å². The highest BCUT2D eigenvalue weighted by Crippen LogP contribution is 2.12. The van der Waals surface area contributed by atoms with Gasteiger partial charge in [0.15, 0.2) is 0 Å². The Kier molecular flexibility index (Phi) is 4.34. The third-order valence-electron chi connectivity index (χ3n) is 2.12. The maximum Gasteiger partial charge on any atom is 0.214 e. The third kappa shape index (κ3) is 3.98. The van der Waals surface area contributed by atoms with Crippen molar-refractivity contribution in [3.8, 4) is 5.88 Å². The van der Waals surface area contributed by atoms with Crippen molar-refractivity contribution in [1.29, 1.82) is 0 Å². The van der Waals surface area contributed by atoms with Crippen molar-refractivity contribution >= 4 is 27.5 Å². The predicted molar refractivity (Wildman–Crippen MR) is 70.4 cm³/mol. The van der Waals surface area contributed by atoms with Crippen molar-refractivity contribution in [2.24, 2.45) is 0 Å². The molecule has 0 aromatic carbocycles. The molecular formula is C12H10BrClN2O. The molecule has 88 valence electrons. The minimum Gasteiger partial charge on any atom is -0.477 e. The molecule has 2 aromatic rings. The maximum absolute atomic E-state index is 5.76. The number of hydrogen-bond donors (Lipinski definition) is 0. The average molecular weight is 314 g/mol. The summed E-state index contributed by atoms with van der Waals surface area (Å²) in [4.78, 5) is 8.11. The van der Waals surface area contributed by atoms with Gasteiger partial charge in [-0.2, -0.15) is 0 Å². The second kappa shape index (κ2) is 5.98. The van der Waals surface area contributed by atoms with Crippen LogP contribution in [0.15, 0.2) is 41.1 Å². The summed E-state index contributed by atoms with van der Waals surface area (Å²) in [5.41, 5.74) is 1.16. The Morgan fingerprint density at radius 1 is 1.29 bits per heavy atom. The Labute approximate surface area is 113 Å². The second-order valence-corrected chi connectivity index (χ2v) is 4.58. The summed E-state index contributed by atoms with van der Waals surface area (Å²) < 4.78 is 6.33. The van der Waals surface area contributed by atoms with Crippen molar-refractivity contribution in [3.63, 3.8) is 0 Å². The van der Waals surface area contributed by atoms with E-state index in [1.165, 1.54) is 0 Å². The minimum atomic E-state index is 0.439. The maximum atomic E-state index is 5.76. The molecule has 3 nitrogen and oxygen atoms in total. The quantitative estimate of drug-likeness (QED) is 0.810. The van der Waals surface area contributed by atoms with Gasteiger partial charge in [0.25, 0.3) is 0 Å². The highest BCUT2D eigenvalue weighted by molar-refractivity contribution is 9.10. The fourth-order valence-electron chi connectivity index (χ4n) is 1.34. The Balaban J connectivity index is 1.87. The Morgan fingerprint density at radius 2 is 2.18 bits per heavy atom. The SMILES string of the molecule is Clc1cccc(OCCc2ccnc(Br)c2)n1. The summed E-state index contributed by atoms with van der Waals surface area (Å²) in [7, 11) is 0. The number of nitrogens with zero attached hydrogens (tertiary/aromatic N) is 2. The lowest BCUT2D eigenvalue weighted by molar-refractivity contribution is 0.309. The lowest BCUT2D eigenvalue weighted by atomic mass is 10.2. The van der Waals surface area contributed by atoms with Crippen LogP contribution in [0, 0.1) is 0 Å². The van der Waals surface area contributed by atoms with Gasteiger partial charge in [-0.1, -0.05) is 17.7 Å². The molecule has 0 N–H and O–H groups in total. The zero-order chi connectivity index (χ0) is 12.1. The van der Waals surface area contributed by atoms with E-state index in [1.807, 2.05) is 18.2 Å². The van der Waals surface area contributed by atoms with Crippen LogP contribution >= 0.6 is 27.5 Å². The lowest BCUT2D eigenvalue weighted by Gasteiger charge is -2.05. The van der Waals surface area contributed by atoms with Crippen molar-refractivity contribution < 1.29 is 4.74 Å². The standard InChI is InChI=1S/C12H10BrClN2O/c13-10-8-9(4-6-15-10)5-7-17-12-3-1-2-11(14)16-12/h1-4,6,8H,5,7H2. The predicted octanol–water partition coefficient (Wildman–Crippen LogP) is 3.51. The molecule has 0 radical (unpaired) electrons. The summed E-state index contributed by atoms with van der Waals surface area (Å²) in [5.74, 6) is 0.547. The van der Waals surface area contributed by atoms with Gasteiger partial charge in [0.1, 0.15) is 9.76 Å². The van der Waals surface area contributed by atoms with Crippen molar-refractivity contribution in [2.45, 2.75) is 6.42 Å². The minimum absolute atomic E-state index is 0.439. The van der Waals surface area contributed by atoms with Crippen LogP contribution in [0.5, 0.6) is 5.88 Å². The van der Waals surface area contributed by atoms with Crippen molar-refractivity contribution in [2.75, 3.05) is 6.61 Å². The Bertz CT molecular complexity index is 462. The number of pyridine rings is 2. The van der Waals surface area contributed by atoms with E-state index in [-0.39, 0.29) is 0 Å². The summed E-state index contributed by atoms with van der Waals surface area (Å²) in [6.45, 7) is 0.559. The van der Waals surface area contributed by atoms with Gasteiger partial charge in [-0.05, 0) is 39.7 Å². The van der Waals surface area contributed by atoms with Gasteiger partial charge in [-0.25, -0.2) is 9.97 Å². The molecule has 0 atom stereocenters. The molecule has 0 aliphatic rings. The number of halogens is 2. The highest BCUT2D eigenvalue weighted by Gasteiger charge is 1.98. The molecule has 2 rings (SSSR count). The summed E-state index contributed by atoms with van der Waals surface area (Å²) in [6.07, 6.45) is 2.56. The molecule has 17 heavy (non-hydrogen) atoms. The van der Waals surface area contributed by atoms with Crippen LogP contribution in [-0.2, 0) is 6.42 Å². The second-order valence-electron chi connectivity index (χ2n) is 3.38. The van der Waals surface area contributed by atoms with Crippen molar-refractivity contribution in [1.82, 2.24) is 9.97 Å². The smallest absolute Gasteiger partial charge is 0.214 e. The summed E-state index contributed by atoms with van der Waals surface area (Å²) >= 11 is 9.08. The van der Waals surface area contributed by atoms with Gasteiger partial charge in [0.05, 0.1) is 6.61 Å². The number of rotatable bonds is 4. The average Bonchev–Trinajstić information content (AvgIpc) is 2.29. The molecule has 0 spiro atoms. The molecule has 0 saturated heterocycles. The molecule has 0 amide bonds. The molecule has 2 heterocycles. The topological polar surface area (TPSA) is 35.0 Å². The first-order valence-corrected chi connectivity index (χ1v) is 6.27. The summed E-state index contributed by atoms with van der Waals surface area (Å²) in [6, 6.07) is 9.24. The van der Waals surface area contributed by atoms with Crippen LogP contribution in [0.2, 0.25) is 5.15 Å². The molecule has 0 bridgehead atoms. The zero-order valence-corrected chi connectivity index (χ0v) is 11.3. The Hall–Kier alpha value is -1.13. The van der Waals surface area contributed by atoms with E-state index in [1.54, 1.807) is 18.3 Å². The van der Waals surface area contributed by atoms with E-state index >= 15 is 0 Å². The van der Waals surface area contributed by atoms with Crippen LogP contribution < -0.4 is 4.74 Å². The van der Waals surface area contributed by atoms with Gasteiger partial charge in [0, 0.05) is 18.7 Å². The van der Waals surface area contributed by atoms with Gasteiger partial charge in [-0.3, -0.25) is 0 Å².